The molecule has 0 spiro atoms. The average Bonchev–Trinajstić information content (AvgIpc) is 2.89. The molecular weight excluding hydrogens is 497 g/mol. The highest BCUT2D eigenvalue weighted by molar-refractivity contribution is 6.36. The number of nitrogens with zero attached hydrogens (tertiary/aromatic N) is 2. The van der Waals surface area contributed by atoms with Gasteiger partial charge in [-0.2, -0.15) is 0 Å². The number of anilines is 2. The fraction of sp³-hybridized carbons (Fsp3) is 0.286. The lowest BCUT2D eigenvalue weighted by atomic mass is 10.1. The van der Waals surface area contributed by atoms with Crippen LogP contribution in [-0.4, -0.2) is 48.0 Å². The Morgan fingerprint density at radius 3 is 2.14 bits per heavy atom. The quantitative estimate of drug-likeness (QED) is 0.416. The fourth-order valence-corrected chi connectivity index (χ4v) is 4.93. The number of hydrogen-bond acceptors (Lipinski definition) is 4. The standard InChI is InChI=1S/C28H29Cl2N3O3/c29-23-9-5-10-24(30)26(23)27(35)28(36)33-18-16-32(17-19-33)22-14-12-21(13-15-22)31-25(34)11-4-8-20-6-2-1-3-7-20/h1-3,5-7,9-10,12-15,27,35H,4,8,11,16-19H2,(H,31,34). The Labute approximate surface area is 221 Å². The van der Waals surface area contributed by atoms with Crippen molar-refractivity contribution in [2.45, 2.75) is 25.4 Å². The predicted molar refractivity (Wildman–Crippen MR) is 145 cm³/mol. The molecule has 2 amide bonds. The molecule has 8 heteroatoms. The van der Waals surface area contributed by atoms with Gasteiger partial charge in [0, 0.05) is 59.6 Å². The lowest BCUT2D eigenvalue weighted by molar-refractivity contribution is -0.140. The van der Waals surface area contributed by atoms with Gasteiger partial charge in [0.25, 0.3) is 5.91 Å². The van der Waals surface area contributed by atoms with Crippen molar-refractivity contribution in [2.75, 3.05) is 36.4 Å². The summed E-state index contributed by atoms with van der Waals surface area (Å²) >= 11 is 12.3. The molecule has 6 nitrogen and oxygen atoms in total. The maximum absolute atomic E-state index is 12.8. The molecule has 4 rings (SSSR count). The summed E-state index contributed by atoms with van der Waals surface area (Å²) in [5.41, 5.74) is 3.25. The van der Waals surface area contributed by atoms with E-state index in [0.717, 1.165) is 24.2 Å². The minimum absolute atomic E-state index is 0.00277. The molecule has 0 aliphatic carbocycles. The molecule has 3 aromatic rings. The van der Waals surface area contributed by atoms with Gasteiger partial charge in [-0.1, -0.05) is 59.6 Å². The summed E-state index contributed by atoms with van der Waals surface area (Å²) in [4.78, 5) is 28.9. The summed E-state index contributed by atoms with van der Waals surface area (Å²) in [6, 6.07) is 22.8. The van der Waals surface area contributed by atoms with E-state index in [2.05, 4.69) is 22.3 Å². The number of amides is 2. The van der Waals surface area contributed by atoms with E-state index < -0.39 is 12.0 Å². The minimum atomic E-state index is -1.40. The molecule has 1 unspecified atom stereocenters. The Hall–Kier alpha value is -3.06. The summed E-state index contributed by atoms with van der Waals surface area (Å²) in [7, 11) is 0. The van der Waals surface area contributed by atoms with Crippen LogP contribution >= 0.6 is 23.2 Å². The van der Waals surface area contributed by atoms with Crippen LogP contribution in [-0.2, 0) is 16.0 Å². The lowest BCUT2D eigenvalue weighted by Crippen LogP contribution is -2.50. The molecule has 188 valence electrons. The molecule has 0 bridgehead atoms. The Balaban J connectivity index is 1.24. The largest absolute Gasteiger partial charge is 0.378 e. The number of rotatable bonds is 8. The van der Waals surface area contributed by atoms with Crippen LogP contribution in [0.3, 0.4) is 0 Å². The van der Waals surface area contributed by atoms with Crippen LogP contribution < -0.4 is 10.2 Å². The first-order valence-corrected chi connectivity index (χ1v) is 12.8. The van der Waals surface area contributed by atoms with Crippen molar-refractivity contribution in [1.82, 2.24) is 4.90 Å². The Bertz CT molecular complexity index is 1160. The number of aryl methyl sites for hydroxylation is 1. The van der Waals surface area contributed by atoms with Gasteiger partial charge in [-0.25, -0.2) is 0 Å². The monoisotopic (exact) mass is 525 g/mol. The third kappa shape index (κ3) is 6.58. The molecule has 0 aromatic heterocycles. The molecule has 0 radical (unpaired) electrons. The summed E-state index contributed by atoms with van der Waals surface area (Å²) in [6.45, 7) is 2.19. The van der Waals surface area contributed by atoms with Gasteiger partial charge >= 0.3 is 0 Å². The third-order valence-corrected chi connectivity index (χ3v) is 6.99. The zero-order chi connectivity index (χ0) is 25.5. The van der Waals surface area contributed by atoms with Crippen molar-refractivity contribution in [1.29, 1.82) is 0 Å². The lowest BCUT2D eigenvalue weighted by Gasteiger charge is -2.37. The molecule has 1 heterocycles. The van der Waals surface area contributed by atoms with Gasteiger partial charge in [-0.3, -0.25) is 9.59 Å². The van der Waals surface area contributed by atoms with Crippen molar-refractivity contribution in [2.24, 2.45) is 0 Å². The van der Waals surface area contributed by atoms with E-state index >= 15 is 0 Å². The number of nitrogens with one attached hydrogen (secondary N) is 1. The molecule has 1 aliphatic heterocycles. The number of carbonyl (C=O) groups excluding carboxylic acids is 2. The van der Waals surface area contributed by atoms with Gasteiger partial charge < -0.3 is 20.2 Å². The van der Waals surface area contributed by atoms with Crippen molar-refractivity contribution < 1.29 is 14.7 Å². The number of carbonyl (C=O) groups is 2. The second kappa shape index (κ2) is 12.3. The van der Waals surface area contributed by atoms with E-state index in [1.54, 1.807) is 23.1 Å². The number of halogens is 2. The second-order valence-electron chi connectivity index (χ2n) is 8.78. The summed E-state index contributed by atoms with van der Waals surface area (Å²) in [6.07, 6.45) is 0.754. The molecule has 2 N–H and O–H groups in total. The van der Waals surface area contributed by atoms with Crippen molar-refractivity contribution in [3.8, 4) is 0 Å². The van der Waals surface area contributed by atoms with Crippen LogP contribution in [0.15, 0.2) is 72.8 Å². The van der Waals surface area contributed by atoms with E-state index in [0.29, 0.717) is 32.6 Å². The zero-order valence-corrected chi connectivity index (χ0v) is 21.4. The van der Waals surface area contributed by atoms with Crippen LogP contribution in [0.2, 0.25) is 10.0 Å². The first kappa shape index (κ1) is 26.0. The molecule has 1 fully saturated rings. The van der Waals surface area contributed by atoms with Gasteiger partial charge in [0.05, 0.1) is 0 Å². The maximum atomic E-state index is 12.8. The molecule has 3 aromatic carbocycles. The van der Waals surface area contributed by atoms with Crippen LogP contribution in [0.5, 0.6) is 0 Å². The molecule has 0 saturated carbocycles. The smallest absolute Gasteiger partial charge is 0.256 e. The van der Waals surface area contributed by atoms with Crippen LogP contribution in [0.25, 0.3) is 0 Å². The zero-order valence-electron chi connectivity index (χ0n) is 19.9. The van der Waals surface area contributed by atoms with Crippen molar-refractivity contribution in [3.05, 3.63) is 94.0 Å². The Morgan fingerprint density at radius 1 is 0.861 bits per heavy atom. The fourth-order valence-electron chi connectivity index (χ4n) is 4.33. The van der Waals surface area contributed by atoms with E-state index in [1.807, 2.05) is 42.5 Å². The highest BCUT2D eigenvalue weighted by atomic mass is 35.5. The minimum Gasteiger partial charge on any atom is -0.378 e. The summed E-state index contributed by atoms with van der Waals surface area (Å²) in [5, 5.41) is 14.1. The number of aliphatic hydroxyl groups excluding tert-OH is 1. The summed E-state index contributed by atoms with van der Waals surface area (Å²) in [5.74, 6) is -0.405. The normalized spacial score (nSPS) is 14.4. The van der Waals surface area contributed by atoms with Crippen LogP contribution in [0.4, 0.5) is 11.4 Å². The average molecular weight is 526 g/mol. The first-order valence-electron chi connectivity index (χ1n) is 12.0. The number of piperazine rings is 1. The highest BCUT2D eigenvalue weighted by Gasteiger charge is 2.29. The Kier molecular flexibility index (Phi) is 8.86. The first-order chi connectivity index (χ1) is 17.4. The van der Waals surface area contributed by atoms with E-state index in [9.17, 15) is 14.7 Å². The van der Waals surface area contributed by atoms with Crippen LogP contribution in [0, 0.1) is 0 Å². The number of aliphatic hydroxyl groups is 1. The van der Waals surface area contributed by atoms with Crippen molar-refractivity contribution in [3.63, 3.8) is 0 Å². The van der Waals surface area contributed by atoms with Gasteiger partial charge in [0.1, 0.15) is 0 Å². The molecule has 1 aliphatic rings. The number of hydrogen-bond donors (Lipinski definition) is 2. The van der Waals surface area contributed by atoms with Crippen LogP contribution in [0.1, 0.15) is 30.1 Å². The molecule has 1 atom stereocenters. The maximum Gasteiger partial charge on any atom is 0.256 e. The summed E-state index contributed by atoms with van der Waals surface area (Å²) < 4.78 is 0. The van der Waals surface area contributed by atoms with Gasteiger partial charge in [-0.15, -0.1) is 0 Å². The van der Waals surface area contributed by atoms with Gasteiger partial charge in [-0.05, 0) is 54.8 Å². The topological polar surface area (TPSA) is 72.9 Å². The molecular formula is C28H29Cl2N3O3. The van der Waals surface area contributed by atoms with E-state index in [-0.39, 0.29) is 21.5 Å². The third-order valence-electron chi connectivity index (χ3n) is 6.33. The number of benzene rings is 3. The van der Waals surface area contributed by atoms with Gasteiger partial charge in [0.2, 0.25) is 5.91 Å². The predicted octanol–water partition coefficient (Wildman–Crippen LogP) is 5.34. The SMILES string of the molecule is O=C(CCCc1ccccc1)Nc1ccc(N2CCN(C(=O)C(O)c3c(Cl)cccc3Cl)CC2)cc1. The van der Waals surface area contributed by atoms with E-state index in [4.69, 9.17) is 23.2 Å². The second-order valence-corrected chi connectivity index (χ2v) is 9.60. The molecule has 1 saturated heterocycles. The highest BCUT2D eigenvalue weighted by Crippen LogP contribution is 2.31. The van der Waals surface area contributed by atoms with Gasteiger partial charge in [0.15, 0.2) is 6.10 Å². The molecule has 36 heavy (non-hydrogen) atoms. The van der Waals surface area contributed by atoms with E-state index in [1.165, 1.54) is 5.56 Å². The van der Waals surface area contributed by atoms with Crippen molar-refractivity contribution >= 4 is 46.4 Å². The Morgan fingerprint density at radius 2 is 1.50 bits per heavy atom.